The largest absolute Gasteiger partial charge is 0.386 e. The number of hydrogen-bond donors (Lipinski definition) is 2. The zero-order valence-electron chi connectivity index (χ0n) is 39.6. The summed E-state index contributed by atoms with van der Waals surface area (Å²) in [6, 6.07) is 21.1. The van der Waals surface area contributed by atoms with Gasteiger partial charge in [-0.25, -0.2) is 33.7 Å². The Morgan fingerprint density at radius 3 is 1.13 bits per heavy atom. The predicted octanol–water partition coefficient (Wildman–Crippen LogP) is 5.05. The first-order valence-corrected chi connectivity index (χ1v) is 31.2. The number of anilines is 2. The third-order valence-corrected chi connectivity index (χ3v) is 21.9. The highest BCUT2D eigenvalue weighted by Crippen LogP contribution is 2.35. The highest BCUT2D eigenvalue weighted by Gasteiger charge is 2.40. The van der Waals surface area contributed by atoms with Crippen LogP contribution in [0.5, 0.6) is 0 Å². The average molecular weight is 1060 g/mol. The van der Waals surface area contributed by atoms with Gasteiger partial charge < -0.3 is 20.0 Å². The summed E-state index contributed by atoms with van der Waals surface area (Å²) in [5.74, 6) is 0.757. The molecule has 22 heteroatoms. The highest BCUT2D eigenvalue weighted by atomic mass is 32.3. The molecule has 2 aromatic heterocycles. The third kappa shape index (κ3) is 13.3. The van der Waals surface area contributed by atoms with E-state index >= 15 is 0 Å². The lowest BCUT2D eigenvalue weighted by Gasteiger charge is -2.43. The monoisotopic (exact) mass is 1050 g/mol. The van der Waals surface area contributed by atoms with Crippen LogP contribution in [0.2, 0.25) is 0 Å². The molecule has 4 heterocycles. The molecule has 0 unspecified atom stereocenters. The van der Waals surface area contributed by atoms with Crippen molar-refractivity contribution in [2.24, 2.45) is 11.8 Å². The molecule has 2 aliphatic heterocycles. The minimum absolute atomic E-state index is 0.199. The van der Waals surface area contributed by atoms with E-state index in [9.17, 15) is 43.9 Å². The maximum atomic E-state index is 13.2. The molecular weight excluding hydrogens is 989 g/mol. The summed E-state index contributed by atoms with van der Waals surface area (Å²) >= 11 is 2.37. The fourth-order valence-corrected chi connectivity index (χ4v) is 15.7. The Labute approximate surface area is 412 Å². The van der Waals surface area contributed by atoms with Crippen molar-refractivity contribution in [2.75, 3.05) is 87.8 Å². The van der Waals surface area contributed by atoms with Crippen LogP contribution in [0.1, 0.15) is 64.5 Å². The molecule has 0 bridgehead atoms. The number of hydrogen-bond acceptors (Lipinski definition) is 14. The van der Waals surface area contributed by atoms with Crippen molar-refractivity contribution in [3.05, 3.63) is 94.7 Å². The summed E-state index contributed by atoms with van der Waals surface area (Å²) in [5.41, 5.74) is 1.37. The Morgan fingerprint density at radius 2 is 0.868 bits per heavy atom. The molecule has 0 amide bonds. The number of thiophene rings is 2. The van der Waals surface area contributed by atoms with Crippen molar-refractivity contribution in [1.29, 1.82) is 0 Å². The number of aliphatic hydroxyl groups is 2. The minimum Gasteiger partial charge on any atom is -0.386 e. The van der Waals surface area contributed by atoms with E-state index in [1.54, 1.807) is 62.7 Å². The van der Waals surface area contributed by atoms with Gasteiger partial charge in [0.15, 0.2) is 0 Å². The van der Waals surface area contributed by atoms with Gasteiger partial charge in [-0.2, -0.15) is 17.2 Å². The average Bonchev–Trinajstić information content (AvgIpc) is 4.13. The van der Waals surface area contributed by atoms with Gasteiger partial charge in [0.2, 0.25) is 20.0 Å². The van der Waals surface area contributed by atoms with E-state index in [0.29, 0.717) is 59.5 Å². The lowest BCUT2D eigenvalue weighted by atomic mass is 9.98. The highest BCUT2D eigenvalue weighted by molar-refractivity contribution is 7.91. The first-order valence-electron chi connectivity index (χ1n) is 22.9. The molecule has 2 aliphatic carbocycles. The number of rotatable bonds is 18. The quantitative estimate of drug-likeness (QED) is 0.135. The van der Waals surface area contributed by atoms with Crippen LogP contribution in [0.3, 0.4) is 0 Å². The zero-order chi connectivity index (χ0) is 49.5. The molecule has 16 nitrogen and oxygen atoms in total. The van der Waals surface area contributed by atoms with Crippen LogP contribution in [-0.4, -0.2) is 151 Å². The van der Waals surface area contributed by atoms with Crippen molar-refractivity contribution in [3.8, 4) is 0 Å². The van der Waals surface area contributed by atoms with Gasteiger partial charge in [-0.05, 0) is 123 Å². The van der Waals surface area contributed by atoms with Crippen LogP contribution in [-0.2, 0) is 51.3 Å². The van der Waals surface area contributed by atoms with Gasteiger partial charge in [0.1, 0.15) is 8.42 Å². The van der Waals surface area contributed by atoms with Crippen LogP contribution in [0.4, 0.5) is 11.4 Å². The van der Waals surface area contributed by atoms with E-state index in [-0.39, 0.29) is 38.3 Å². The van der Waals surface area contributed by atoms with Gasteiger partial charge in [0.25, 0.3) is 20.0 Å². The van der Waals surface area contributed by atoms with Gasteiger partial charge in [0.05, 0.1) is 35.8 Å². The van der Waals surface area contributed by atoms with Crippen molar-refractivity contribution >= 4 is 74.1 Å². The molecule has 376 valence electrons. The van der Waals surface area contributed by atoms with Crippen LogP contribution < -0.4 is 9.80 Å². The predicted molar refractivity (Wildman–Crippen MR) is 270 cm³/mol. The molecule has 0 spiro atoms. The third-order valence-electron chi connectivity index (χ3n) is 13.0. The van der Waals surface area contributed by atoms with Gasteiger partial charge in [-0.15, -0.1) is 22.7 Å². The second kappa shape index (κ2) is 20.6. The molecule has 2 saturated carbocycles. The van der Waals surface area contributed by atoms with Crippen molar-refractivity contribution in [2.45, 2.75) is 85.1 Å². The van der Waals surface area contributed by atoms with E-state index in [2.05, 4.69) is 9.80 Å². The normalized spacial score (nSPS) is 20.7. The molecule has 68 heavy (non-hydrogen) atoms. The summed E-state index contributed by atoms with van der Waals surface area (Å²) in [4.78, 5) is 4.19. The molecule has 4 aromatic rings. The standard InChI is InChI=1S/2C23H33N3O5S3/c2*1-23(2,27)19-8-10-20(11-9-19)26-13-12-24(34(30,31)22-5-4-14-32-22)16-21(26)17-25(33(3,28)29)15-18-6-7-18/h2*4-5,8-11,14,18,21,27H,6-7,12-13,15-17H2,1-3H3/t2*21-/m11/s1. The summed E-state index contributed by atoms with van der Waals surface area (Å²) in [6.45, 7) is 10.2. The SMILES string of the molecule is CC(C)(O)c1ccc(N2CCN(S(=O)(=O)c3cccs3)C[C@@H]2CN(CC2CC2)S(C)(=O)=O)cc1.CC(C)(O)c1ccc(N2CCN(S(=O)(=O)c3cccs3)C[C@@H]2CN(CC2CC2)S(C)(=O)=O)cc1. The van der Waals surface area contributed by atoms with Crippen molar-refractivity contribution in [3.63, 3.8) is 0 Å². The maximum Gasteiger partial charge on any atom is 0.252 e. The van der Waals surface area contributed by atoms with E-state index in [1.807, 2.05) is 48.5 Å². The van der Waals surface area contributed by atoms with Crippen LogP contribution in [0, 0.1) is 11.8 Å². The smallest absolute Gasteiger partial charge is 0.252 e. The Morgan fingerprint density at radius 1 is 0.529 bits per heavy atom. The molecule has 2 N–H and O–H groups in total. The fraction of sp³-hybridized carbons (Fsp3) is 0.565. The van der Waals surface area contributed by atoms with Crippen molar-refractivity contribution < 1.29 is 43.9 Å². The molecule has 4 fully saturated rings. The Bertz CT molecular complexity index is 2560. The molecular formula is C46H66N6O10S6. The summed E-state index contributed by atoms with van der Waals surface area (Å²) in [5, 5.41) is 24.1. The number of piperazine rings is 2. The Balaban J connectivity index is 0.000000201. The first kappa shape index (κ1) is 52.8. The van der Waals surface area contributed by atoms with E-state index < -0.39 is 51.3 Å². The molecule has 8 rings (SSSR count). The van der Waals surface area contributed by atoms with Gasteiger partial charge in [-0.1, -0.05) is 36.4 Å². The van der Waals surface area contributed by atoms with Gasteiger partial charge in [0, 0.05) is 76.8 Å². The van der Waals surface area contributed by atoms with Crippen LogP contribution >= 0.6 is 22.7 Å². The second-order valence-electron chi connectivity index (χ2n) is 19.5. The lowest BCUT2D eigenvalue weighted by molar-refractivity contribution is 0.0780. The molecule has 2 saturated heterocycles. The van der Waals surface area contributed by atoms with E-state index in [4.69, 9.17) is 0 Å². The summed E-state index contributed by atoms with van der Waals surface area (Å²) in [6.07, 6.45) is 6.55. The maximum absolute atomic E-state index is 13.2. The fourth-order valence-electron chi connectivity index (χ4n) is 8.62. The van der Waals surface area contributed by atoms with E-state index in [1.165, 1.54) is 52.4 Å². The van der Waals surface area contributed by atoms with Crippen LogP contribution in [0.15, 0.2) is 92.0 Å². The van der Waals surface area contributed by atoms with Crippen molar-refractivity contribution in [1.82, 2.24) is 17.2 Å². The van der Waals surface area contributed by atoms with Crippen LogP contribution in [0.25, 0.3) is 0 Å². The van der Waals surface area contributed by atoms with Gasteiger partial charge >= 0.3 is 0 Å². The number of nitrogens with zero attached hydrogens (tertiary/aromatic N) is 6. The topological polar surface area (TPSA) is 196 Å². The molecule has 2 atom stereocenters. The zero-order valence-corrected chi connectivity index (χ0v) is 44.5. The Hall–Kier alpha value is -3.00. The van der Waals surface area contributed by atoms with E-state index in [0.717, 1.165) is 48.2 Å². The number of sulfonamides is 4. The molecule has 2 aromatic carbocycles. The Kier molecular flexibility index (Phi) is 16.0. The summed E-state index contributed by atoms with van der Waals surface area (Å²) in [7, 11) is -14.2. The van der Waals surface area contributed by atoms with Gasteiger partial charge in [-0.3, -0.25) is 0 Å². The first-order chi connectivity index (χ1) is 31.7. The second-order valence-corrected chi connectivity index (χ2v) is 29.7. The minimum atomic E-state index is -3.64. The lowest BCUT2D eigenvalue weighted by Crippen LogP contribution is -2.59. The molecule has 4 aliphatic rings. The number of benzene rings is 2. The molecule has 0 radical (unpaired) electrons. The summed E-state index contributed by atoms with van der Waals surface area (Å²) < 4.78 is 110.